The van der Waals surface area contributed by atoms with E-state index in [4.69, 9.17) is 17.3 Å². The fourth-order valence-corrected chi connectivity index (χ4v) is 4.34. The Bertz CT molecular complexity index is 1010. The quantitative estimate of drug-likeness (QED) is 0.567. The summed E-state index contributed by atoms with van der Waals surface area (Å²) >= 11 is 7.56. The number of hydrogen-bond acceptors (Lipinski definition) is 7. The van der Waals surface area contributed by atoms with Crippen molar-refractivity contribution < 1.29 is 4.79 Å². The maximum absolute atomic E-state index is 12.3. The third kappa shape index (κ3) is 4.83. The fraction of sp³-hybridized carbons (Fsp3) is 0.300. The van der Waals surface area contributed by atoms with E-state index in [9.17, 15) is 4.79 Å². The number of carbonyl (C=O) groups excluding carboxylic acids is 1. The van der Waals surface area contributed by atoms with E-state index in [2.05, 4.69) is 25.6 Å². The van der Waals surface area contributed by atoms with Gasteiger partial charge in [0.1, 0.15) is 17.8 Å². The summed E-state index contributed by atoms with van der Waals surface area (Å²) in [4.78, 5) is 25.1. The summed E-state index contributed by atoms with van der Waals surface area (Å²) in [6, 6.07) is 9.80. The molecular weight excluding hydrogens is 408 g/mol. The summed E-state index contributed by atoms with van der Waals surface area (Å²) in [5.41, 5.74) is 7.64. The molecule has 1 amide bonds. The molecule has 1 aliphatic carbocycles. The van der Waals surface area contributed by atoms with E-state index in [1.54, 1.807) is 5.38 Å². The van der Waals surface area contributed by atoms with E-state index in [1.807, 2.05) is 30.3 Å². The van der Waals surface area contributed by atoms with E-state index in [1.165, 1.54) is 17.7 Å². The number of amides is 1. The lowest BCUT2D eigenvalue weighted by atomic mass is 9.91. The monoisotopic (exact) mass is 428 g/mol. The van der Waals surface area contributed by atoms with Gasteiger partial charge in [-0.05, 0) is 31.7 Å². The van der Waals surface area contributed by atoms with Crippen LogP contribution < -0.4 is 16.4 Å². The first-order valence-electron chi connectivity index (χ1n) is 9.44. The van der Waals surface area contributed by atoms with E-state index < -0.39 is 0 Å². The normalized spacial score (nSPS) is 18.9. The van der Waals surface area contributed by atoms with Crippen molar-refractivity contribution in [2.45, 2.75) is 37.8 Å². The van der Waals surface area contributed by atoms with E-state index in [0.717, 1.165) is 42.8 Å². The number of nitrogen functional groups attached to an aromatic ring is 1. The van der Waals surface area contributed by atoms with Crippen molar-refractivity contribution in [3.63, 3.8) is 0 Å². The second kappa shape index (κ2) is 8.75. The van der Waals surface area contributed by atoms with Crippen LogP contribution in [0.15, 0.2) is 42.0 Å². The smallest absolute Gasteiger partial charge is 0.271 e. The number of nitrogens with one attached hydrogen (secondary N) is 2. The lowest BCUT2D eigenvalue weighted by Gasteiger charge is -2.30. The van der Waals surface area contributed by atoms with Crippen molar-refractivity contribution in [1.29, 1.82) is 0 Å². The number of aromatic nitrogens is 3. The van der Waals surface area contributed by atoms with Gasteiger partial charge in [0.05, 0.1) is 5.69 Å². The number of rotatable bonds is 5. The Kier molecular flexibility index (Phi) is 5.92. The van der Waals surface area contributed by atoms with Gasteiger partial charge >= 0.3 is 0 Å². The molecular formula is C20H21ClN6OS. The van der Waals surface area contributed by atoms with Gasteiger partial charge in [-0.1, -0.05) is 29.8 Å². The predicted octanol–water partition coefficient (Wildman–Crippen LogP) is 3.99. The Morgan fingerprint density at radius 3 is 2.83 bits per heavy atom. The van der Waals surface area contributed by atoms with Gasteiger partial charge in [0.25, 0.3) is 5.91 Å². The molecule has 2 unspecified atom stereocenters. The predicted molar refractivity (Wildman–Crippen MR) is 116 cm³/mol. The SMILES string of the molecule is Nc1nc(C(=O)NC2CCCC(Nc3cc(-c4ccccc4Cl)ncn3)C2)cs1. The number of nitrogens with zero attached hydrogens (tertiary/aromatic N) is 3. The van der Waals surface area contributed by atoms with Crippen LogP contribution in [0, 0.1) is 0 Å². The van der Waals surface area contributed by atoms with Gasteiger partial charge in [-0.25, -0.2) is 15.0 Å². The summed E-state index contributed by atoms with van der Waals surface area (Å²) in [5, 5.41) is 9.28. The van der Waals surface area contributed by atoms with Gasteiger partial charge in [0.15, 0.2) is 5.13 Å². The summed E-state index contributed by atoms with van der Waals surface area (Å²) in [7, 11) is 0. The second-order valence-electron chi connectivity index (χ2n) is 7.02. The molecule has 2 heterocycles. The van der Waals surface area contributed by atoms with Crippen LogP contribution in [0.5, 0.6) is 0 Å². The molecule has 1 aliphatic rings. The van der Waals surface area contributed by atoms with Gasteiger partial charge < -0.3 is 16.4 Å². The first-order valence-corrected chi connectivity index (χ1v) is 10.7. The number of anilines is 2. The van der Waals surface area contributed by atoms with Gasteiger partial charge in [-0.2, -0.15) is 0 Å². The molecule has 150 valence electrons. The minimum absolute atomic E-state index is 0.0848. The van der Waals surface area contributed by atoms with Gasteiger partial charge in [0, 0.05) is 34.1 Å². The molecule has 0 bridgehead atoms. The van der Waals surface area contributed by atoms with Crippen LogP contribution in [0.1, 0.15) is 36.2 Å². The van der Waals surface area contributed by atoms with Crippen molar-refractivity contribution in [3.05, 3.63) is 52.8 Å². The molecule has 2 atom stereocenters. The van der Waals surface area contributed by atoms with Crippen LogP contribution in [-0.2, 0) is 0 Å². The van der Waals surface area contributed by atoms with Crippen LogP contribution in [-0.4, -0.2) is 32.9 Å². The highest BCUT2D eigenvalue weighted by Gasteiger charge is 2.24. The summed E-state index contributed by atoms with van der Waals surface area (Å²) in [6.45, 7) is 0. The number of carbonyl (C=O) groups is 1. The maximum atomic E-state index is 12.3. The van der Waals surface area contributed by atoms with Crippen molar-refractivity contribution in [1.82, 2.24) is 20.3 Å². The molecule has 9 heteroatoms. The largest absolute Gasteiger partial charge is 0.375 e. The van der Waals surface area contributed by atoms with Crippen LogP contribution in [0.4, 0.5) is 10.9 Å². The highest BCUT2D eigenvalue weighted by molar-refractivity contribution is 7.13. The van der Waals surface area contributed by atoms with Crippen LogP contribution >= 0.6 is 22.9 Å². The summed E-state index contributed by atoms with van der Waals surface area (Å²) in [5.74, 6) is 0.575. The molecule has 7 nitrogen and oxygen atoms in total. The van der Waals surface area contributed by atoms with Gasteiger partial charge in [-0.15, -0.1) is 11.3 Å². The number of benzene rings is 1. The molecule has 1 saturated carbocycles. The Morgan fingerprint density at radius 2 is 2.03 bits per heavy atom. The van der Waals surface area contributed by atoms with Crippen molar-refractivity contribution in [2.24, 2.45) is 0 Å². The van der Waals surface area contributed by atoms with E-state index in [-0.39, 0.29) is 18.0 Å². The minimum Gasteiger partial charge on any atom is -0.375 e. The average Bonchev–Trinajstić information content (AvgIpc) is 3.15. The highest BCUT2D eigenvalue weighted by Crippen LogP contribution is 2.28. The highest BCUT2D eigenvalue weighted by atomic mass is 35.5. The topological polar surface area (TPSA) is 106 Å². The van der Waals surface area contributed by atoms with E-state index >= 15 is 0 Å². The summed E-state index contributed by atoms with van der Waals surface area (Å²) in [6.07, 6.45) is 5.33. The zero-order chi connectivity index (χ0) is 20.2. The Balaban J connectivity index is 1.40. The van der Waals surface area contributed by atoms with Crippen LogP contribution in [0.2, 0.25) is 5.02 Å². The molecule has 0 saturated heterocycles. The van der Waals surface area contributed by atoms with Crippen LogP contribution in [0.25, 0.3) is 11.3 Å². The molecule has 4 rings (SSSR count). The number of halogens is 1. The second-order valence-corrected chi connectivity index (χ2v) is 8.31. The summed E-state index contributed by atoms with van der Waals surface area (Å²) < 4.78 is 0. The zero-order valence-corrected chi connectivity index (χ0v) is 17.2. The molecule has 29 heavy (non-hydrogen) atoms. The molecule has 1 fully saturated rings. The Morgan fingerprint density at radius 1 is 1.21 bits per heavy atom. The number of nitrogens with two attached hydrogens (primary N) is 1. The average molecular weight is 429 g/mol. The van der Waals surface area contributed by atoms with Crippen molar-refractivity contribution in [2.75, 3.05) is 11.1 Å². The first-order chi connectivity index (χ1) is 14.1. The molecule has 1 aromatic carbocycles. The van der Waals surface area contributed by atoms with Gasteiger partial charge in [0.2, 0.25) is 0 Å². The van der Waals surface area contributed by atoms with Crippen molar-refractivity contribution >= 4 is 39.8 Å². The lowest BCUT2D eigenvalue weighted by molar-refractivity contribution is 0.0922. The molecule has 0 aliphatic heterocycles. The molecule has 4 N–H and O–H groups in total. The maximum Gasteiger partial charge on any atom is 0.271 e. The van der Waals surface area contributed by atoms with Crippen LogP contribution in [0.3, 0.4) is 0 Å². The molecule has 0 spiro atoms. The molecule has 3 aromatic rings. The Hall–Kier alpha value is -2.71. The third-order valence-electron chi connectivity index (χ3n) is 4.93. The molecule has 0 radical (unpaired) electrons. The first kappa shape index (κ1) is 19.6. The van der Waals surface area contributed by atoms with Crippen molar-refractivity contribution in [3.8, 4) is 11.3 Å². The molecule has 2 aromatic heterocycles. The number of thiazole rings is 1. The standard InChI is InChI=1S/C20H21ClN6OS/c21-15-7-2-1-6-14(15)16-9-18(24-11-23-16)25-12-4-3-5-13(8-12)26-19(28)17-10-29-20(22)27-17/h1-2,6-7,9-13H,3-5,8H2,(H2,22,27)(H,26,28)(H,23,24,25). The number of hydrogen-bond donors (Lipinski definition) is 3. The fourth-order valence-electron chi connectivity index (χ4n) is 3.56. The minimum atomic E-state index is -0.174. The van der Waals surface area contributed by atoms with E-state index in [0.29, 0.717) is 15.8 Å². The Labute approximate surface area is 177 Å². The lowest BCUT2D eigenvalue weighted by Crippen LogP contribution is -2.42. The zero-order valence-electron chi connectivity index (χ0n) is 15.6. The van der Waals surface area contributed by atoms with Gasteiger partial charge in [-0.3, -0.25) is 4.79 Å². The third-order valence-corrected chi connectivity index (χ3v) is 5.94.